The van der Waals surface area contributed by atoms with Crippen LogP contribution in [0.25, 0.3) is 0 Å². The minimum absolute atomic E-state index is 0.181. The van der Waals surface area contributed by atoms with E-state index in [-0.39, 0.29) is 11.8 Å². The average Bonchev–Trinajstić information content (AvgIpc) is 3.41. The van der Waals surface area contributed by atoms with E-state index in [4.69, 9.17) is 4.74 Å². The number of ether oxygens (including phenoxy) is 1. The van der Waals surface area contributed by atoms with Gasteiger partial charge in [-0.15, -0.1) is 0 Å². The van der Waals surface area contributed by atoms with Gasteiger partial charge < -0.3 is 15.4 Å². The standard InChI is InChI=1S/C22H22N4O3/c27-21(24-20-11-12-26(25-20)15-16-6-2-1-3-7-16)17-8-4-9-18(14-17)23-22(28)19-10-5-13-29-19/h1-4,6-9,11-12,14,19H,5,10,13,15H2,(H,23,28)(H,24,25,27). The maximum atomic E-state index is 12.6. The molecule has 1 aliphatic heterocycles. The molecule has 0 bridgehead atoms. The largest absolute Gasteiger partial charge is 0.368 e. The fourth-order valence-electron chi connectivity index (χ4n) is 3.22. The van der Waals surface area contributed by atoms with E-state index in [9.17, 15) is 9.59 Å². The maximum absolute atomic E-state index is 12.6. The zero-order chi connectivity index (χ0) is 20.1. The van der Waals surface area contributed by atoms with E-state index in [1.54, 1.807) is 35.0 Å². The van der Waals surface area contributed by atoms with Crippen LogP contribution in [0.3, 0.4) is 0 Å². The van der Waals surface area contributed by atoms with Crippen molar-refractivity contribution in [3.63, 3.8) is 0 Å². The molecule has 1 unspecified atom stereocenters. The molecule has 29 heavy (non-hydrogen) atoms. The molecule has 0 radical (unpaired) electrons. The quantitative estimate of drug-likeness (QED) is 0.676. The fourth-order valence-corrected chi connectivity index (χ4v) is 3.22. The summed E-state index contributed by atoms with van der Waals surface area (Å²) < 4.78 is 7.15. The lowest BCUT2D eigenvalue weighted by molar-refractivity contribution is -0.124. The first-order chi connectivity index (χ1) is 14.2. The molecule has 1 saturated heterocycles. The van der Waals surface area contributed by atoms with Crippen LogP contribution in [0.2, 0.25) is 0 Å². The van der Waals surface area contributed by atoms with E-state index in [1.165, 1.54) is 0 Å². The Bertz CT molecular complexity index is 994. The van der Waals surface area contributed by atoms with Gasteiger partial charge in [0.1, 0.15) is 6.10 Å². The van der Waals surface area contributed by atoms with Crippen molar-refractivity contribution in [1.82, 2.24) is 9.78 Å². The van der Waals surface area contributed by atoms with Crippen LogP contribution in [-0.4, -0.2) is 34.3 Å². The first-order valence-electron chi connectivity index (χ1n) is 9.59. The highest BCUT2D eigenvalue weighted by molar-refractivity contribution is 6.05. The van der Waals surface area contributed by atoms with Crippen molar-refractivity contribution in [1.29, 1.82) is 0 Å². The van der Waals surface area contributed by atoms with E-state index < -0.39 is 6.10 Å². The van der Waals surface area contributed by atoms with E-state index in [1.807, 2.05) is 36.5 Å². The highest BCUT2D eigenvalue weighted by Gasteiger charge is 2.23. The topological polar surface area (TPSA) is 85.3 Å². The number of nitrogens with zero attached hydrogens (tertiary/aromatic N) is 2. The van der Waals surface area contributed by atoms with Crippen molar-refractivity contribution in [2.75, 3.05) is 17.2 Å². The third kappa shape index (κ3) is 4.89. The molecule has 7 nitrogen and oxygen atoms in total. The fraction of sp³-hybridized carbons (Fsp3) is 0.227. The Morgan fingerprint density at radius 3 is 2.72 bits per heavy atom. The van der Waals surface area contributed by atoms with Crippen molar-refractivity contribution in [2.45, 2.75) is 25.5 Å². The third-order valence-corrected chi connectivity index (χ3v) is 4.68. The summed E-state index contributed by atoms with van der Waals surface area (Å²) in [4.78, 5) is 24.8. The molecule has 0 aliphatic carbocycles. The third-order valence-electron chi connectivity index (χ3n) is 4.68. The number of amides is 2. The van der Waals surface area contributed by atoms with Crippen molar-refractivity contribution < 1.29 is 14.3 Å². The lowest BCUT2D eigenvalue weighted by atomic mass is 10.1. The predicted octanol–water partition coefficient (Wildman–Crippen LogP) is 3.30. The zero-order valence-corrected chi connectivity index (χ0v) is 15.9. The normalized spacial score (nSPS) is 15.8. The van der Waals surface area contributed by atoms with Crippen LogP contribution >= 0.6 is 0 Å². The van der Waals surface area contributed by atoms with E-state index in [0.717, 1.165) is 18.4 Å². The minimum atomic E-state index is -0.416. The lowest BCUT2D eigenvalue weighted by Crippen LogP contribution is -2.27. The molecule has 2 amide bonds. The Hall–Kier alpha value is -3.45. The van der Waals surface area contributed by atoms with Gasteiger partial charge in [-0.1, -0.05) is 36.4 Å². The van der Waals surface area contributed by atoms with Gasteiger partial charge in [-0.25, -0.2) is 0 Å². The number of hydrogen-bond donors (Lipinski definition) is 2. The predicted molar refractivity (Wildman–Crippen MR) is 110 cm³/mol. The van der Waals surface area contributed by atoms with Crippen molar-refractivity contribution in [3.05, 3.63) is 78.0 Å². The number of carbonyl (C=O) groups excluding carboxylic acids is 2. The van der Waals surface area contributed by atoms with Gasteiger partial charge in [0, 0.05) is 30.1 Å². The second-order valence-electron chi connectivity index (χ2n) is 6.91. The molecule has 0 saturated carbocycles. The number of nitrogens with one attached hydrogen (secondary N) is 2. The van der Waals surface area contributed by atoms with Gasteiger partial charge in [0.2, 0.25) is 0 Å². The van der Waals surface area contributed by atoms with E-state index in [0.29, 0.717) is 30.2 Å². The summed E-state index contributed by atoms with van der Waals surface area (Å²) in [7, 11) is 0. The second-order valence-corrected chi connectivity index (χ2v) is 6.91. The summed E-state index contributed by atoms with van der Waals surface area (Å²) in [5.41, 5.74) is 2.13. The highest BCUT2D eigenvalue weighted by Crippen LogP contribution is 2.17. The van der Waals surface area contributed by atoms with Crippen molar-refractivity contribution >= 4 is 23.3 Å². The Balaban J connectivity index is 1.38. The smallest absolute Gasteiger partial charge is 0.256 e. The molecule has 7 heteroatoms. The molecule has 4 rings (SSSR count). The summed E-state index contributed by atoms with van der Waals surface area (Å²) in [5.74, 6) is 0.00242. The van der Waals surface area contributed by atoms with E-state index >= 15 is 0 Å². The molecule has 3 aromatic rings. The molecule has 1 fully saturated rings. The zero-order valence-electron chi connectivity index (χ0n) is 15.9. The minimum Gasteiger partial charge on any atom is -0.368 e. The molecule has 1 aliphatic rings. The van der Waals surface area contributed by atoms with Crippen molar-refractivity contribution in [2.24, 2.45) is 0 Å². The highest BCUT2D eigenvalue weighted by atomic mass is 16.5. The molecule has 2 aromatic carbocycles. The molecule has 0 spiro atoms. The van der Waals surface area contributed by atoms with Gasteiger partial charge in [-0.05, 0) is 36.6 Å². The molecule has 2 heterocycles. The van der Waals surface area contributed by atoms with Gasteiger partial charge >= 0.3 is 0 Å². The summed E-state index contributed by atoms with van der Waals surface area (Å²) >= 11 is 0. The molecule has 1 aromatic heterocycles. The molecule has 1 atom stereocenters. The molecular weight excluding hydrogens is 368 g/mol. The van der Waals surface area contributed by atoms with Crippen molar-refractivity contribution in [3.8, 4) is 0 Å². The SMILES string of the molecule is O=C(Nc1ccn(Cc2ccccc2)n1)c1cccc(NC(=O)C2CCCO2)c1. The Labute approximate surface area is 168 Å². The van der Waals surface area contributed by atoms with Crippen LogP contribution in [-0.2, 0) is 16.1 Å². The van der Waals surface area contributed by atoms with Crippen LogP contribution in [0.5, 0.6) is 0 Å². The summed E-state index contributed by atoms with van der Waals surface area (Å²) in [6, 6.07) is 18.5. The second kappa shape index (κ2) is 8.70. The number of aromatic nitrogens is 2. The van der Waals surface area contributed by atoms with Gasteiger partial charge in [0.15, 0.2) is 5.82 Å². The Morgan fingerprint density at radius 1 is 1.07 bits per heavy atom. The van der Waals surface area contributed by atoms with Crippen LogP contribution < -0.4 is 10.6 Å². The Morgan fingerprint density at radius 2 is 1.93 bits per heavy atom. The lowest BCUT2D eigenvalue weighted by Gasteiger charge is -2.11. The number of benzene rings is 2. The van der Waals surface area contributed by atoms with E-state index in [2.05, 4.69) is 15.7 Å². The summed E-state index contributed by atoms with van der Waals surface area (Å²) in [5, 5.41) is 10.00. The summed E-state index contributed by atoms with van der Waals surface area (Å²) in [6.07, 6.45) is 3.01. The number of rotatable bonds is 6. The van der Waals surface area contributed by atoms with Crippen LogP contribution in [0.4, 0.5) is 11.5 Å². The van der Waals surface area contributed by atoms with Crippen LogP contribution in [0.1, 0.15) is 28.8 Å². The summed E-state index contributed by atoms with van der Waals surface area (Å²) in [6.45, 7) is 1.24. The van der Waals surface area contributed by atoms with Crippen LogP contribution in [0.15, 0.2) is 66.9 Å². The number of hydrogen-bond acceptors (Lipinski definition) is 4. The van der Waals surface area contributed by atoms with Gasteiger partial charge in [-0.3, -0.25) is 14.3 Å². The Kier molecular flexibility index (Phi) is 5.67. The van der Waals surface area contributed by atoms with Gasteiger partial charge in [0.25, 0.3) is 11.8 Å². The van der Waals surface area contributed by atoms with Gasteiger partial charge in [-0.2, -0.15) is 5.10 Å². The molecule has 148 valence electrons. The first-order valence-corrected chi connectivity index (χ1v) is 9.59. The maximum Gasteiger partial charge on any atom is 0.256 e. The average molecular weight is 390 g/mol. The molecular formula is C22H22N4O3. The number of carbonyl (C=O) groups is 2. The van der Waals surface area contributed by atoms with Gasteiger partial charge in [0.05, 0.1) is 6.54 Å². The number of anilines is 2. The molecule has 2 N–H and O–H groups in total. The first kappa shape index (κ1) is 18.9. The van der Waals surface area contributed by atoms with Crippen LogP contribution in [0, 0.1) is 0 Å². The monoisotopic (exact) mass is 390 g/mol.